The molecule has 0 fully saturated rings. The highest BCUT2D eigenvalue weighted by Crippen LogP contribution is 2.25. The molecule has 0 unspecified atom stereocenters. The van der Waals surface area contributed by atoms with Gasteiger partial charge in [-0.3, -0.25) is 4.72 Å². The topological polar surface area (TPSA) is 111 Å². The van der Waals surface area contributed by atoms with Crippen molar-refractivity contribution in [3.05, 3.63) is 34.9 Å². The fourth-order valence-electron chi connectivity index (χ4n) is 1.74. The maximum absolute atomic E-state index is 12.3. The van der Waals surface area contributed by atoms with Crippen LogP contribution in [-0.2, 0) is 17.1 Å². The van der Waals surface area contributed by atoms with Crippen LogP contribution >= 0.6 is 11.6 Å². The Labute approximate surface area is 131 Å². The number of benzene rings is 1. The number of sulfonamides is 1. The van der Waals surface area contributed by atoms with Crippen LogP contribution in [0.3, 0.4) is 0 Å². The lowest BCUT2D eigenvalue weighted by molar-refractivity contribution is 0.0696. The summed E-state index contributed by atoms with van der Waals surface area (Å²) in [7, 11) is -0.988. The molecule has 2 N–H and O–H groups in total. The molecule has 2 rings (SSSR count). The van der Waals surface area contributed by atoms with E-state index in [1.165, 1.54) is 17.9 Å². The Morgan fingerprint density at radius 3 is 2.59 bits per heavy atom. The number of ether oxygens (including phenoxy) is 1. The third-order valence-electron chi connectivity index (χ3n) is 2.75. The van der Waals surface area contributed by atoms with Gasteiger partial charge in [0, 0.05) is 13.1 Å². The molecule has 1 aromatic carbocycles. The number of rotatable bonds is 5. The number of aromatic nitrogens is 2. The number of carbonyl (C=O) groups is 1. The molecule has 2 aromatic rings. The lowest BCUT2D eigenvalue weighted by atomic mass is 10.2. The molecule has 0 aliphatic rings. The Kier molecular flexibility index (Phi) is 4.29. The molecule has 10 heteroatoms. The van der Waals surface area contributed by atoms with Crippen LogP contribution in [0.5, 0.6) is 5.88 Å². The minimum Gasteiger partial charge on any atom is -0.481 e. The predicted molar refractivity (Wildman–Crippen MR) is 79.0 cm³/mol. The van der Waals surface area contributed by atoms with Gasteiger partial charge in [-0.05, 0) is 18.2 Å². The lowest BCUT2D eigenvalue weighted by Gasteiger charge is -2.07. The number of hydrogen-bond acceptors (Lipinski definition) is 5. The number of methoxy groups -OCH3 is 1. The summed E-state index contributed by atoms with van der Waals surface area (Å²) < 4.78 is 33.1. The zero-order valence-corrected chi connectivity index (χ0v) is 13.1. The zero-order valence-electron chi connectivity index (χ0n) is 11.6. The largest absolute Gasteiger partial charge is 0.481 e. The molecular formula is C12H12ClN3O5S. The quantitative estimate of drug-likeness (QED) is 0.851. The van der Waals surface area contributed by atoms with Crippen LogP contribution in [0.15, 0.2) is 29.2 Å². The maximum atomic E-state index is 12.3. The molecule has 0 spiro atoms. The van der Waals surface area contributed by atoms with E-state index < -0.39 is 16.0 Å². The van der Waals surface area contributed by atoms with Crippen molar-refractivity contribution in [3.8, 4) is 5.88 Å². The van der Waals surface area contributed by atoms with Crippen LogP contribution in [0.2, 0.25) is 5.02 Å². The number of aromatic carboxylic acids is 1. The summed E-state index contributed by atoms with van der Waals surface area (Å²) in [4.78, 5) is 10.6. The monoisotopic (exact) mass is 345 g/mol. The molecule has 22 heavy (non-hydrogen) atoms. The molecule has 118 valence electrons. The number of carboxylic acid groups (broad SMARTS) is 1. The first kappa shape index (κ1) is 16.1. The molecule has 0 saturated heterocycles. The van der Waals surface area contributed by atoms with Gasteiger partial charge in [0.15, 0.2) is 5.82 Å². The molecule has 0 atom stereocenters. The van der Waals surface area contributed by atoms with E-state index in [1.54, 1.807) is 7.05 Å². The summed E-state index contributed by atoms with van der Waals surface area (Å²) in [5.74, 6) is -0.781. The second-order valence-corrected chi connectivity index (χ2v) is 6.31. The molecule has 0 radical (unpaired) electrons. The minimum atomic E-state index is -4.00. The van der Waals surface area contributed by atoms with Crippen molar-refractivity contribution in [2.75, 3.05) is 11.8 Å². The van der Waals surface area contributed by atoms with E-state index >= 15 is 0 Å². The number of carboxylic acids is 1. The smallest absolute Gasteiger partial charge is 0.335 e. The maximum Gasteiger partial charge on any atom is 0.335 e. The van der Waals surface area contributed by atoms with E-state index in [4.69, 9.17) is 21.4 Å². The highest BCUT2D eigenvalue weighted by atomic mass is 35.5. The van der Waals surface area contributed by atoms with Gasteiger partial charge >= 0.3 is 5.97 Å². The third-order valence-corrected chi connectivity index (χ3v) is 4.59. The lowest BCUT2D eigenvalue weighted by Crippen LogP contribution is -2.14. The van der Waals surface area contributed by atoms with E-state index in [0.717, 1.165) is 18.2 Å². The van der Waals surface area contributed by atoms with Crippen LogP contribution in [-0.4, -0.2) is 36.4 Å². The van der Waals surface area contributed by atoms with Crippen molar-refractivity contribution in [3.63, 3.8) is 0 Å². The van der Waals surface area contributed by atoms with Crippen LogP contribution in [0.4, 0.5) is 5.82 Å². The van der Waals surface area contributed by atoms with Gasteiger partial charge in [-0.25, -0.2) is 17.9 Å². The number of hydrogen-bond donors (Lipinski definition) is 2. The van der Waals surface area contributed by atoms with Crippen LogP contribution in [0.1, 0.15) is 10.4 Å². The fraction of sp³-hybridized carbons (Fsp3) is 0.167. The number of halogens is 1. The standard InChI is InChI=1S/C12H12ClN3O5S/c1-16-11(21-2)6-10(14-16)15-22(19,20)9-4-3-7(12(17)18)5-8(9)13/h3-6H,1-2H3,(H,14,15)(H,17,18). The Balaban J connectivity index is 2.36. The Hall–Kier alpha value is -2.26. The second kappa shape index (κ2) is 5.85. The van der Waals surface area contributed by atoms with Gasteiger partial charge in [0.25, 0.3) is 10.0 Å². The minimum absolute atomic E-state index is 0.0535. The van der Waals surface area contributed by atoms with E-state index in [2.05, 4.69) is 9.82 Å². The predicted octanol–water partition coefficient (Wildman–Crippen LogP) is 1.58. The number of aryl methyl sites for hydroxylation is 1. The summed E-state index contributed by atoms with van der Waals surface area (Å²) in [5, 5.41) is 12.6. The van der Waals surface area contributed by atoms with Gasteiger partial charge in [0.2, 0.25) is 5.88 Å². The number of anilines is 1. The second-order valence-electron chi connectivity index (χ2n) is 4.25. The van der Waals surface area contributed by atoms with Gasteiger partial charge in [-0.15, -0.1) is 0 Å². The summed E-state index contributed by atoms with van der Waals surface area (Å²) >= 11 is 5.86. The van der Waals surface area contributed by atoms with Crippen LogP contribution < -0.4 is 9.46 Å². The molecule has 0 bridgehead atoms. The van der Waals surface area contributed by atoms with Gasteiger partial charge in [-0.1, -0.05) is 11.6 Å². The number of nitrogens with one attached hydrogen (secondary N) is 1. The zero-order chi connectivity index (χ0) is 16.5. The molecular weight excluding hydrogens is 334 g/mol. The van der Waals surface area contributed by atoms with E-state index in [0.29, 0.717) is 5.88 Å². The van der Waals surface area contributed by atoms with Gasteiger partial charge in [0.1, 0.15) is 4.90 Å². The summed E-state index contributed by atoms with van der Waals surface area (Å²) in [6.45, 7) is 0. The molecule has 0 amide bonds. The van der Waals surface area contributed by atoms with Crippen molar-refractivity contribution in [2.24, 2.45) is 7.05 Å². The first-order valence-corrected chi connectivity index (χ1v) is 7.74. The van der Waals surface area contributed by atoms with E-state index in [9.17, 15) is 13.2 Å². The summed E-state index contributed by atoms with van der Waals surface area (Å²) in [5.41, 5.74) is -0.108. The highest BCUT2D eigenvalue weighted by Gasteiger charge is 2.21. The average molecular weight is 346 g/mol. The van der Waals surface area contributed by atoms with Crippen molar-refractivity contribution < 1.29 is 23.1 Å². The molecule has 1 aromatic heterocycles. The van der Waals surface area contributed by atoms with E-state index in [-0.39, 0.29) is 21.3 Å². The first-order chi connectivity index (χ1) is 10.2. The Bertz CT molecular complexity index is 831. The molecule has 0 aliphatic carbocycles. The molecule has 0 aliphatic heterocycles. The molecule has 8 nitrogen and oxygen atoms in total. The average Bonchev–Trinajstić information content (AvgIpc) is 2.77. The highest BCUT2D eigenvalue weighted by molar-refractivity contribution is 7.92. The van der Waals surface area contributed by atoms with Crippen LogP contribution in [0, 0.1) is 0 Å². The van der Waals surface area contributed by atoms with Crippen molar-refractivity contribution >= 4 is 33.4 Å². The van der Waals surface area contributed by atoms with E-state index in [1.807, 2.05) is 0 Å². The first-order valence-electron chi connectivity index (χ1n) is 5.88. The Morgan fingerprint density at radius 1 is 1.41 bits per heavy atom. The molecule has 0 saturated carbocycles. The third kappa shape index (κ3) is 3.15. The number of nitrogens with zero attached hydrogens (tertiary/aromatic N) is 2. The fourth-order valence-corrected chi connectivity index (χ4v) is 3.27. The SMILES string of the molecule is COc1cc(NS(=O)(=O)c2ccc(C(=O)O)cc2Cl)nn1C. The summed E-state index contributed by atoms with van der Waals surface area (Å²) in [6, 6.07) is 4.74. The van der Waals surface area contributed by atoms with Crippen molar-refractivity contribution in [1.82, 2.24) is 9.78 Å². The molecule has 1 heterocycles. The normalized spacial score (nSPS) is 11.2. The summed E-state index contributed by atoms with van der Waals surface area (Å²) in [6.07, 6.45) is 0. The Morgan fingerprint density at radius 2 is 2.09 bits per heavy atom. The van der Waals surface area contributed by atoms with Crippen molar-refractivity contribution in [2.45, 2.75) is 4.90 Å². The van der Waals surface area contributed by atoms with Gasteiger partial charge in [0.05, 0.1) is 17.7 Å². The van der Waals surface area contributed by atoms with Gasteiger partial charge < -0.3 is 9.84 Å². The van der Waals surface area contributed by atoms with Gasteiger partial charge in [-0.2, -0.15) is 5.10 Å². The van der Waals surface area contributed by atoms with Crippen LogP contribution in [0.25, 0.3) is 0 Å². The van der Waals surface area contributed by atoms with Crippen molar-refractivity contribution in [1.29, 1.82) is 0 Å².